The van der Waals surface area contributed by atoms with Crippen molar-refractivity contribution >= 4 is 0 Å². The normalized spacial score (nSPS) is 15.0. The molecule has 0 aliphatic heterocycles. The number of hydrogen-bond acceptors (Lipinski definition) is 2. The van der Waals surface area contributed by atoms with Crippen LogP contribution in [0.15, 0.2) is 18.5 Å². The lowest BCUT2D eigenvalue weighted by Crippen LogP contribution is -2.36. The average molecular weight is 224 g/mol. The van der Waals surface area contributed by atoms with Crippen LogP contribution in [0, 0.1) is 0 Å². The molecular weight excluding hydrogens is 200 g/mol. The summed E-state index contributed by atoms with van der Waals surface area (Å²) in [5.74, 6) is 0. The van der Waals surface area contributed by atoms with Crippen molar-refractivity contribution in [1.82, 2.24) is 9.88 Å². The van der Waals surface area contributed by atoms with E-state index in [2.05, 4.69) is 35.3 Å². The van der Waals surface area contributed by atoms with Gasteiger partial charge in [-0.15, -0.1) is 0 Å². The molecule has 0 radical (unpaired) electrons. The molecule has 1 rings (SSSR count). The molecule has 1 aromatic rings. The molecule has 0 spiro atoms. The fourth-order valence-corrected chi connectivity index (χ4v) is 1.59. The minimum Gasteiger partial charge on any atom is -0.389 e. The molecule has 0 bridgehead atoms. The maximum absolute atomic E-state index is 9.82. The second-order valence-corrected chi connectivity index (χ2v) is 4.71. The van der Waals surface area contributed by atoms with E-state index in [1.54, 1.807) is 0 Å². The average Bonchev–Trinajstić information content (AvgIpc) is 2.66. The summed E-state index contributed by atoms with van der Waals surface area (Å²) in [4.78, 5) is 0. The Morgan fingerprint density at radius 1 is 1.44 bits per heavy atom. The third kappa shape index (κ3) is 4.37. The SMILES string of the molecule is CCCn1ccc(CNCC(C)(O)CC)c1. The van der Waals surface area contributed by atoms with Gasteiger partial charge in [0.2, 0.25) is 0 Å². The van der Waals surface area contributed by atoms with Gasteiger partial charge in [-0.2, -0.15) is 0 Å². The zero-order valence-corrected chi connectivity index (χ0v) is 10.7. The summed E-state index contributed by atoms with van der Waals surface area (Å²) in [6.45, 7) is 8.58. The first-order chi connectivity index (χ1) is 7.57. The minimum atomic E-state index is -0.591. The molecule has 2 N–H and O–H groups in total. The number of aryl methyl sites for hydroxylation is 1. The van der Waals surface area contributed by atoms with Crippen LogP contribution in [0.1, 0.15) is 39.2 Å². The van der Waals surface area contributed by atoms with Crippen molar-refractivity contribution in [3.05, 3.63) is 24.0 Å². The van der Waals surface area contributed by atoms with E-state index in [0.29, 0.717) is 6.54 Å². The molecular formula is C13H24N2O. The Balaban J connectivity index is 2.31. The maximum atomic E-state index is 9.82. The van der Waals surface area contributed by atoms with Gasteiger partial charge in [0, 0.05) is 32.0 Å². The van der Waals surface area contributed by atoms with Crippen molar-refractivity contribution in [2.45, 2.75) is 52.3 Å². The Bertz CT molecular complexity index is 305. The summed E-state index contributed by atoms with van der Waals surface area (Å²) in [5, 5.41) is 13.1. The highest BCUT2D eigenvalue weighted by atomic mass is 16.3. The number of nitrogens with one attached hydrogen (secondary N) is 1. The highest BCUT2D eigenvalue weighted by molar-refractivity contribution is 5.09. The first-order valence-corrected chi connectivity index (χ1v) is 6.15. The molecule has 0 aromatic carbocycles. The predicted molar refractivity (Wildman–Crippen MR) is 67.3 cm³/mol. The molecule has 16 heavy (non-hydrogen) atoms. The van der Waals surface area contributed by atoms with Crippen molar-refractivity contribution in [3.8, 4) is 0 Å². The Morgan fingerprint density at radius 2 is 2.19 bits per heavy atom. The zero-order chi connectivity index (χ0) is 12.0. The second kappa shape index (κ2) is 6.06. The van der Waals surface area contributed by atoms with Crippen molar-refractivity contribution in [2.75, 3.05) is 6.54 Å². The monoisotopic (exact) mass is 224 g/mol. The summed E-state index contributed by atoms with van der Waals surface area (Å²) >= 11 is 0. The van der Waals surface area contributed by atoms with Gasteiger partial charge in [0.25, 0.3) is 0 Å². The molecule has 0 fully saturated rings. The Hall–Kier alpha value is -0.800. The smallest absolute Gasteiger partial charge is 0.0741 e. The number of aromatic nitrogens is 1. The summed E-state index contributed by atoms with van der Waals surface area (Å²) in [7, 11) is 0. The van der Waals surface area contributed by atoms with Gasteiger partial charge in [-0.3, -0.25) is 0 Å². The van der Waals surface area contributed by atoms with E-state index in [1.807, 2.05) is 13.8 Å². The van der Waals surface area contributed by atoms with Crippen LogP contribution in [-0.4, -0.2) is 21.8 Å². The van der Waals surface area contributed by atoms with Crippen LogP contribution >= 0.6 is 0 Å². The number of nitrogens with zero attached hydrogens (tertiary/aromatic N) is 1. The molecule has 0 saturated heterocycles. The van der Waals surface area contributed by atoms with Crippen LogP contribution in [0.4, 0.5) is 0 Å². The fraction of sp³-hybridized carbons (Fsp3) is 0.692. The number of aliphatic hydroxyl groups is 1. The molecule has 3 nitrogen and oxygen atoms in total. The van der Waals surface area contributed by atoms with Gasteiger partial charge in [0.1, 0.15) is 0 Å². The van der Waals surface area contributed by atoms with E-state index in [1.165, 1.54) is 5.56 Å². The first kappa shape index (κ1) is 13.3. The maximum Gasteiger partial charge on any atom is 0.0741 e. The fourth-order valence-electron chi connectivity index (χ4n) is 1.59. The largest absolute Gasteiger partial charge is 0.389 e. The minimum absolute atomic E-state index is 0.591. The van der Waals surface area contributed by atoms with Crippen LogP contribution in [0.3, 0.4) is 0 Å². The van der Waals surface area contributed by atoms with Gasteiger partial charge in [-0.25, -0.2) is 0 Å². The van der Waals surface area contributed by atoms with E-state index in [0.717, 1.165) is 25.9 Å². The van der Waals surface area contributed by atoms with Crippen molar-refractivity contribution in [1.29, 1.82) is 0 Å². The van der Waals surface area contributed by atoms with Gasteiger partial charge in [-0.1, -0.05) is 13.8 Å². The van der Waals surface area contributed by atoms with Crippen LogP contribution in [0.2, 0.25) is 0 Å². The molecule has 1 atom stereocenters. The summed E-state index contributed by atoms with van der Waals surface area (Å²) in [6.07, 6.45) is 6.21. The van der Waals surface area contributed by atoms with Crippen molar-refractivity contribution < 1.29 is 5.11 Å². The van der Waals surface area contributed by atoms with Gasteiger partial charge in [0.15, 0.2) is 0 Å². The van der Waals surface area contributed by atoms with Crippen molar-refractivity contribution in [3.63, 3.8) is 0 Å². The quantitative estimate of drug-likeness (QED) is 0.744. The van der Waals surface area contributed by atoms with Gasteiger partial charge >= 0.3 is 0 Å². The third-order valence-electron chi connectivity index (χ3n) is 2.89. The van der Waals surface area contributed by atoms with E-state index in [4.69, 9.17) is 0 Å². The van der Waals surface area contributed by atoms with Crippen LogP contribution < -0.4 is 5.32 Å². The van der Waals surface area contributed by atoms with Crippen LogP contribution in [0.5, 0.6) is 0 Å². The second-order valence-electron chi connectivity index (χ2n) is 4.71. The standard InChI is InChI=1S/C13H24N2O/c1-4-7-15-8-6-12(10-15)9-14-11-13(3,16)5-2/h6,8,10,14,16H,4-5,7,9,11H2,1-3H3. The highest BCUT2D eigenvalue weighted by Crippen LogP contribution is 2.07. The molecule has 0 aliphatic carbocycles. The molecule has 3 heteroatoms. The van der Waals surface area contributed by atoms with E-state index >= 15 is 0 Å². The summed E-state index contributed by atoms with van der Waals surface area (Å²) < 4.78 is 2.20. The van der Waals surface area contributed by atoms with Gasteiger partial charge in [-0.05, 0) is 31.4 Å². The van der Waals surface area contributed by atoms with E-state index in [9.17, 15) is 5.11 Å². The lowest BCUT2D eigenvalue weighted by atomic mass is 10.0. The molecule has 0 aliphatic rings. The predicted octanol–water partition coefficient (Wildman–Crippen LogP) is 2.15. The molecule has 0 amide bonds. The number of rotatable bonds is 7. The Kier molecular flexibility index (Phi) is 5.03. The van der Waals surface area contributed by atoms with E-state index < -0.39 is 5.60 Å². The number of hydrogen-bond donors (Lipinski definition) is 2. The summed E-state index contributed by atoms with van der Waals surface area (Å²) in [6, 6.07) is 2.13. The molecule has 1 heterocycles. The van der Waals surface area contributed by atoms with Crippen LogP contribution in [0.25, 0.3) is 0 Å². The third-order valence-corrected chi connectivity index (χ3v) is 2.89. The molecule has 0 saturated carbocycles. The lowest BCUT2D eigenvalue weighted by molar-refractivity contribution is 0.0555. The molecule has 1 aromatic heterocycles. The van der Waals surface area contributed by atoms with E-state index in [-0.39, 0.29) is 0 Å². The van der Waals surface area contributed by atoms with Gasteiger partial charge < -0.3 is 15.0 Å². The zero-order valence-electron chi connectivity index (χ0n) is 10.7. The first-order valence-electron chi connectivity index (χ1n) is 6.15. The Labute approximate surface area is 98.5 Å². The van der Waals surface area contributed by atoms with Crippen molar-refractivity contribution in [2.24, 2.45) is 0 Å². The molecule has 92 valence electrons. The Morgan fingerprint density at radius 3 is 2.81 bits per heavy atom. The summed E-state index contributed by atoms with van der Waals surface area (Å²) in [5.41, 5.74) is 0.687. The lowest BCUT2D eigenvalue weighted by Gasteiger charge is -2.21. The topological polar surface area (TPSA) is 37.2 Å². The molecule has 1 unspecified atom stereocenters. The van der Waals surface area contributed by atoms with Gasteiger partial charge in [0.05, 0.1) is 5.60 Å². The van der Waals surface area contributed by atoms with Crippen LogP contribution in [-0.2, 0) is 13.1 Å². The highest BCUT2D eigenvalue weighted by Gasteiger charge is 2.16.